The Bertz CT molecular complexity index is 1190. The van der Waals surface area contributed by atoms with Gasteiger partial charge in [-0.05, 0) is 44.0 Å². The largest absolute Gasteiger partial charge is 0.454 e. The molecule has 4 rings (SSSR count). The third-order valence-corrected chi connectivity index (χ3v) is 6.41. The van der Waals surface area contributed by atoms with Gasteiger partial charge in [0.1, 0.15) is 5.75 Å². The first-order chi connectivity index (χ1) is 17.2. The summed E-state index contributed by atoms with van der Waals surface area (Å²) in [5.41, 5.74) is 3.57. The maximum Gasteiger partial charge on any atom is 0.305 e. The highest BCUT2D eigenvalue weighted by Crippen LogP contribution is 2.35. The highest BCUT2D eigenvalue weighted by Gasteiger charge is 2.34. The number of esters is 1. The van der Waals surface area contributed by atoms with E-state index in [1.807, 2.05) is 66.7 Å². The van der Waals surface area contributed by atoms with Gasteiger partial charge in [-0.25, -0.2) is 0 Å². The molecule has 2 atom stereocenters. The monoisotopic (exact) mass is 486 g/mol. The van der Waals surface area contributed by atoms with E-state index >= 15 is 0 Å². The number of anilines is 1. The van der Waals surface area contributed by atoms with Crippen molar-refractivity contribution >= 4 is 17.6 Å². The summed E-state index contributed by atoms with van der Waals surface area (Å²) in [5.74, 6) is -0.234. The number of carbonyl (C=O) groups excluding carboxylic acids is 2. The van der Waals surface area contributed by atoms with Crippen LogP contribution in [-0.2, 0) is 27.3 Å². The zero-order chi connectivity index (χ0) is 25.7. The molecule has 2 unspecified atom stereocenters. The molecule has 0 aliphatic carbocycles. The van der Waals surface area contributed by atoms with Crippen LogP contribution in [0.4, 0.5) is 5.69 Å². The van der Waals surface area contributed by atoms with Crippen molar-refractivity contribution in [2.24, 2.45) is 0 Å². The molecular weight excluding hydrogens is 452 g/mol. The van der Waals surface area contributed by atoms with Crippen molar-refractivity contribution in [1.29, 1.82) is 0 Å². The van der Waals surface area contributed by atoms with Gasteiger partial charge < -0.3 is 14.8 Å². The van der Waals surface area contributed by atoms with Gasteiger partial charge in [0.15, 0.2) is 0 Å². The molecule has 1 aliphatic rings. The van der Waals surface area contributed by atoms with Gasteiger partial charge in [0.25, 0.3) is 6.29 Å². The van der Waals surface area contributed by atoms with Crippen LogP contribution in [0.1, 0.15) is 50.3 Å². The molecule has 0 bridgehead atoms. The molecule has 1 amide bonds. The van der Waals surface area contributed by atoms with E-state index in [0.29, 0.717) is 12.3 Å². The Balaban J connectivity index is 1.70. The minimum Gasteiger partial charge on any atom is -0.454 e. The first-order valence-electron chi connectivity index (χ1n) is 12.3. The summed E-state index contributed by atoms with van der Waals surface area (Å²) in [7, 11) is 0. The summed E-state index contributed by atoms with van der Waals surface area (Å²) in [4.78, 5) is 26.7. The molecule has 1 heterocycles. The minimum absolute atomic E-state index is 0.0773. The fourth-order valence-corrected chi connectivity index (χ4v) is 4.47. The maximum atomic E-state index is 12.3. The second-order valence-electron chi connectivity index (χ2n) is 10.2. The molecule has 0 saturated carbocycles. The van der Waals surface area contributed by atoms with Gasteiger partial charge in [-0.15, -0.1) is 0 Å². The summed E-state index contributed by atoms with van der Waals surface area (Å²) in [6.45, 7) is 9.26. The lowest BCUT2D eigenvalue weighted by atomic mass is 9.94. The van der Waals surface area contributed by atoms with Crippen LogP contribution in [-0.4, -0.2) is 35.2 Å². The van der Waals surface area contributed by atoms with E-state index in [4.69, 9.17) is 9.47 Å². The Morgan fingerprint density at radius 1 is 0.972 bits per heavy atom. The number of carbonyl (C=O) groups is 2. The molecule has 0 fully saturated rings. The summed E-state index contributed by atoms with van der Waals surface area (Å²) in [6, 6.07) is 25.8. The van der Waals surface area contributed by atoms with Crippen LogP contribution in [0.2, 0.25) is 0 Å². The predicted octanol–water partition coefficient (Wildman–Crippen LogP) is 5.53. The molecule has 0 spiro atoms. The van der Waals surface area contributed by atoms with Crippen molar-refractivity contribution in [2.75, 3.05) is 11.9 Å². The summed E-state index contributed by atoms with van der Waals surface area (Å²) in [5, 5.41) is 2.86. The van der Waals surface area contributed by atoms with E-state index in [1.165, 1.54) is 12.5 Å². The molecule has 0 radical (unpaired) electrons. The van der Waals surface area contributed by atoms with Crippen LogP contribution in [0.5, 0.6) is 5.75 Å². The molecule has 6 nitrogen and oxygen atoms in total. The van der Waals surface area contributed by atoms with Crippen molar-refractivity contribution in [3.63, 3.8) is 0 Å². The fourth-order valence-electron chi connectivity index (χ4n) is 4.47. The standard InChI is InChI=1S/C30H34N2O4/c1-21(33)35-29(36-27-17-11-16-26-24(27)18-28(34)31-26)25(23-14-9-6-10-15-23)20-32(30(2,3)4)19-22-12-7-5-8-13-22/h5-17,25,29H,18-20H2,1-4H3,(H,31,34). The molecular formula is C30H34N2O4. The Labute approximate surface area is 213 Å². The number of hydrogen-bond donors (Lipinski definition) is 1. The van der Waals surface area contributed by atoms with Crippen LogP contribution in [0.25, 0.3) is 0 Å². The Morgan fingerprint density at radius 3 is 2.28 bits per heavy atom. The van der Waals surface area contributed by atoms with Gasteiger partial charge in [-0.3, -0.25) is 14.5 Å². The van der Waals surface area contributed by atoms with Crippen molar-refractivity contribution < 1.29 is 19.1 Å². The normalized spacial score (nSPS) is 14.6. The number of ether oxygens (including phenoxy) is 2. The number of benzene rings is 3. The molecule has 3 aromatic carbocycles. The van der Waals surface area contributed by atoms with Crippen molar-refractivity contribution in [3.05, 3.63) is 95.6 Å². The van der Waals surface area contributed by atoms with Gasteiger partial charge in [-0.2, -0.15) is 0 Å². The van der Waals surface area contributed by atoms with Crippen molar-refractivity contribution in [1.82, 2.24) is 4.90 Å². The van der Waals surface area contributed by atoms with Crippen LogP contribution in [0, 0.1) is 0 Å². The zero-order valence-corrected chi connectivity index (χ0v) is 21.4. The van der Waals surface area contributed by atoms with Crippen molar-refractivity contribution in [3.8, 4) is 5.75 Å². The number of hydrogen-bond acceptors (Lipinski definition) is 5. The third kappa shape index (κ3) is 6.32. The highest BCUT2D eigenvalue weighted by molar-refractivity contribution is 6.00. The average Bonchev–Trinajstić information content (AvgIpc) is 3.23. The SMILES string of the molecule is CC(=O)OC(Oc1cccc2c1CC(=O)N2)C(CN(Cc1ccccc1)C(C)(C)C)c1ccccc1. The van der Waals surface area contributed by atoms with E-state index in [0.717, 1.165) is 23.4 Å². The van der Waals surface area contributed by atoms with E-state index in [9.17, 15) is 9.59 Å². The quantitative estimate of drug-likeness (QED) is 0.318. The molecule has 6 heteroatoms. The van der Waals surface area contributed by atoms with E-state index in [-0.39, 0.29) is 23.8 Å². The van der Waals surface area contributed by atoms with Gasteiger partial charge in [-0.1, -0.05) is 66.7 Å². The zero-order valence-electron chi connectivity index (χ0n) is 21.4. The lowest BCUT2D eigenvalue weighted by molar-refractivity contribution is -0.165. The first kappa shape index (κ1) is 25.5. The number of fused-ring (bicyclic) bond motifs is 1. The third-order valence-electron chi connectivity index (χ3n) is 6.41. The Hall–Kier alpha value is -3.64. The molecule has 1 aliphatic heterocycles. The van der Waals surface area contributed by atoms with Crippen LogP contribution in [0.15, 0.2) is 78.9 Å². The second kappa shape index (κ2) is 11.0. The Morgan fingerprint density at radius 2 is 1.64 bits per heavy atom. The van der Waals surface area contributed by atoms with Gasteiger partial charge in [0.05, 0.1) is 12.3 Å². The second-order valence-corrected chi connectivity index (χ2v) is 10.2. The van der Waals surface area contributed by atoms with E-state index < -0.39 is 12.3 Å². The lowest BCUT2D eigenvalue weighted by Crippen LogP contribution is -2.46. The molecule has 188 valence electrons. The van der Waals surface area contributed by atoms with E-state index in [2.05, 4.69) is 43.1 Å². The number of nitrogens with zero attached hydrogens (tertiary/aromatic N) is 1. The summed E-state index contributed by atoms with van der Waals surface area (Å²) in [6.07, 6.45) is -0.649. The maximum absolute atomic E-state index is 12.3. The van der Waals surface area contributed by atoms with Crippen molar-refractivity contribution in [2.45, 2.75) is 58.4 Å². The smallest absolute Gasteiger partial charge is 0.305 e. The van der Waals surface area contributed by atoms with Crippen LogP contribution < -0.4 is 10.1 Å². The molecule has 3 aromatic rings. The molecule has 36 heavy (non-hydrogen) atoms. The number of amides is 1. The first-order valence-corrected chi connectivity index (χ1v) is 12.3. The number of rotatable bonds is 9. The highest BCUT2D eigenvalue weighted by atomic mass is 16.7. The fraction of sp³-hybridized carbons (Fsp3) is 0.333. The van der Waals surface area contributed by atoms with Crippen LogP contribution in [0.3, 0.4) is 0 Å². The molecule has 1 N–H and O–H groups in total. The van der Waals surface area contributed by atoms with Gasteiger partial charge in [0.2, 0.25) is 5.91 Å². The Kier molecular flexibility index (Phi) is 7.75. The number of nitrogens with one attached hydrogen (secondary N) is 1. The average molecular weight is 487 g/mol. The van der Waals surface area contributed by atoms with Gasteiger partial charge in [0, 0.05) is 36.8 Å². The predicted molar refractivity (Wildman–Crippen MR) is 141 cm³/mol. The molecule has 0 saturated heterocycles. The topological polar surface area (TPSA) is 67.9 Å². The summed E-state index contributed by atoms with van der Waals surface area (Å²) >= 11 is 0. The van der Waals surface area contributed by atoms with Gasteiger partial charge >= 0.3 is 5.97 Å². The minimum atomic E-state index is -0.882. The van der Waals surface area contributed by atoms with E-state index in [1.54, 1.807) is 0 Å². The summed E-state index contributed by atoms with van der Waals surface area (Å²) < 4.78 is 12.3. The van der Waals surface area contributed by atoms with Crippen LogP contribution >= 0.6 is 0 Å². The molecule has 0 aromatic heterocycles. The lowest BCUT2D eigenvalue weighted by Gasteiger charge is -2.40.